The molecule has 1 amide bonds. The Morgan fingerprint density at radius 1 is 1.20 bits per heavy atom. The lowest BCUT2D eigenvalue weighted by Crippen LogP contribution is -2.39. The number of aromatic nitrogens is 2. The van der Waals surface area contributed by atoms with Crippen molar-refractivity contribution >= 4 is 17.7 Å². The number of halogens is 3. The Kier molecular flexibility index (Phi) is 4.42. The fraction of sp³-hybridized carbons (Fsp3) is 0.706. The van der Waals surface area contributed by atoms with Crippen LogP contribution in [-0.4, -0.2) is 27.7 Å². The highest BCUT2D eigenvalue weighted by Crippen LogP contribution is 2.44. The molecule has 2 fully saturated rings. The lowest BCUT2D eigenvalue weighted by Gasteiger charge is -2.22. The van der Waals surface area contributed by atoms with Gasteiger partial charge in [0.25, 0.3) is 0 Å². The van der Waals surface area contributed by atoms with Crippen LogP contribution in [0.2, 0.25) is 0 Å². The average molecular weight is 371 g/mol. The van der Waals surface area contributed by atoms with Crippen LogP contribution in [0.1, 0.15) is 49.1 Å². The van der Waals surface area contributed by atoms with E-state index in [0.717, 1.165) is 24.1 Å². The molecule has 0 aliphatic heterocycles. The Hall–Kier alpha value is -1.31. The lowest BCUT2D eigenvalue weighted by molar-refractivity contribution is -0.142. The van der Waals surface area contributed by atoms with Crippen molar-refractivity contribution in [2.75, 3.05) is 5.75 Å². The molecule has 2 saturated carbocycles. The second-order valence-electron chi connectivity index (χ2n) is 7.27. The number of hydrogen-bond acceptors (Lipinski definition) is 4. The summed E-state index contributed by atoms with van der Waals surface area (Å²) >= 11 is 0.994. The Bertz CT molecular complexity index is 694. The zero-order valence-corrected chi connectivity index (χ0v) is 14.6. The first-order valence-electron chi connectivity index (χ1n) is 8.79. The van der Waals surface area contributed by atoms with Gasteiger partial charge in [-0.15, -0.1) is 0 Å². The first-order chi connectivity index (χ1) is 11.9. The Morgan fingerprint density at radius 3 is 2.72 bits per heavy atom. The molecule has 1 aromatic rings. The van der Waals surface area contributed by atoms with E-state index in [1.807, 2.05) is 0 Å². The van der Waals surface area contributed by atoms with Crippen molar-refractivity contribution in [3.05, 3.63) is 17.0 Å². The van der Waals surface area contributed by atoms with Crippen LogP contribution in [0.25, 0.3) is 0 Å². The van der Waals surface area contributed by atoms with E-state index in [-0.39, 0.29) is 28.4 Å². The number of rotatable bonds is 4. The molecule has 1 N–H and O–H groups in total. The zero-order valence-electron chi connectivity index (χ0n) is 13.7. The van der Waals surface area contributed by atoms with Crippen LogP contribution >= 0.6 is 11.8 Å². The summed E-state index contributed by atoms with van der Waals surface area (Å²) in [5.74, 6) is 1.23. The number of carbonyl (C=O) groups excluding carboxylic acids is 1. The van der Waals surface area contributed by atoms with E-state index in [9.17, 15) is 18.0 Å². The van der Waals surface area contributed by atoms with Crippen LogP contribution in [0.5, 0.6) is 0 Å². The average Bonchev–Trinajstić information content (AvgIpc) is 3.27. The minimum Gasteiger partial charge on any atom is -0.352 e. The molecule has 0 unspecified atom stereocenters. The summed E-state index contributed by atoms with van der Waals surface area (Å²) < 4.78 is 39.6. The van der Waals surface area contributed by atoms with Crippen molar-refractivity contribution in [2.24, 2.45) is 11.8 Å². The van der Waals surface area contributed by atoms with E-state index >= 15 is 0 Å². The maximum atomic E-state index is 13.2. The maximum Gasteiger partial charge on any atom is 0.433 e. The summed E-state index contributed by atoms with van der Waals surface area (Å²) in [5.41, 5.74) is -0.118. The molecule has 1 aromatic heterocycles. The molecule has 3 aliphatic rings. The Balaban J connectivity index is 1.40. The van der Waals surface area contributed by atoms with Gasteiger partial charge in [0.05, 0.1) is 5.75 Å². The Morgan fingerprint density at radius 2 is 2.04 bits per heavy atom. The minimum atomic E-state index is -4.47. The molecular formula is C17H20F3N3OS. The molecule has 4 rings (SSSR count). The fourth-order valence-electron chi connectivity index (χ4n) is 4.51. The van der Waals surface area contributed by atoms with Crippen molar-refractivity contribution in [1.82, 2.24) is 15.3 Å². The number of nitrogens with zero attached hydrogens (tertiary/aromatic N) is 2. The van der Waals surface area contributed by atoms with Gasteiger partial charge in [-0.25, -0.2) is 9.97 Å². The van der Waals surface area contributed by atoms with E-state index in [0.29, 0.717) is 30.9 Å². The molecule has 0 aromatic carbocycles. The van der Waals surface area contributed by atoms with Gasteiger partial charge in [-0.2, -0.15) is 13.2 Å². The van der Waals surface area contributed by atoms with Crippen LogP contribution in [0.15, 0.2) is 5.16 Å². The molecule has 0 saturated heterocycles. The third-order valence-corrected chi connectivity index (χ3v) is 6.45. The molecule has 1 heterocycles. The van der Waals surface area contributed by atoms with Crippen molar-refractivity contribution in [2.45, 2.75) is 62.3 Å². The number of hydrogen-bond donors (Lipinski definition) is 1. The van der Waals surface area contributed by atoms with Gasteiger partial charge in [0.15, 0.2) is 10.9 Å². The largest absolute Gasteiger partial charge is 0.433 e. The highest BCUT2D eigenvalue weighted by molar-refractivity contribution is 7.99. The van der Waals surface area contributed by atoms with Gasteiger partial charge >= 0.3 is 6.18 Å². The number of amides is 1. The van der Waals surface area contributed by atoms with Crippen LogP contribution in [0.3, 0.4) is 0 Å². The van der Waals surface area contributed by atoms with E-state index in [4.69, 9.17) is 0 Å². The van der Waals surface area contributed by atoms with Gasteiger partial charge in [-0.05, 0) is 50.4 Å². The van der Waals surface area contributed by atoms with E-state index in [1.165, 1.54) is 19.3 Å². The topological polar surface area (TPSA) is 54.9 Å². The summed E-state index contributed by atoms with van der Waals surface area (Å²) in [6.45, 7) is 0. The minimum absolute atomic E-state index is 0.0519. The molecule has 4 nitrogen and oxygen atoms in total. The molecule has 2 bridgehead atoms. The number of thioether (sulfide) groups is 1. The summed E-state index contributed by atoms with van der Waals surface area (Å²) in [5, 5.41) is 3.09. The zero-order chi connectivity index (χ0) is 17.6. The maximum absolute atomic E-state index is 13.2. The fourth-order valence-corrected chi connectivity index (χ4v) is 5.18. The SMILES string of the molecule is O=C(CSc1nc2c(c(C(F)(F)F)n1)CCC2)N[C@H]1C[C@H]2CC[C@H]1C2. The lowest BCUT2D eigenvalue weighted by atomic mass is 9.95. The molecule has 25 heavy (non-hydrogen) atoms. The molecule has 8 heteroatoms. The summed E-state index contributed by atoms with van der Waals surface area (Å²) in [7, 11) is 0. The van der Waals surface area contributed by atoms with E-state index < -0.39 is 11.9 Å². The third kappa shape index (κ3) is 3.50. The smallest absolute Gasteiger partial charge is 0.352 e. The monoisotopic (exact) mass is 371 g/mol. The second kappa shape index (κ2) is 6.45. The van der Waals surface area contributed by atoms with Crippen molar-refractivity contribution in [3.8, 4) is 0 Å². The highest BCUT2D eigenvalue weighted by Gasteiger charge is 2.40. The standard InChI is InChI=1S/C17H20F3N3OS/c18-17(19,20)15-11-2-1-3-12(11)22-16(23-15)25-8-14(24)21-13-7-9-4-5-10(13)6-9/h9-10,13H,1-8H2,(H,21,24)/t9-,10-,13-/m0/s1. The number of fused-ring (bicyclic) bond motifs is 3. The van der Waals surface area contributed by atoms with Crippen LogP contribution in [0, 0.1) is 11.8 Å². The van der Waals surface area contributed by atoms with Crippen LogP contribution in [-0.2, 0) is 23.8 Å². The number of carbonyl (C=O) groups is 1. The van der Waals surface area contributed by atoms with Gasteiger partial charge in [0, 0.05) is 17.3 Å². The van der Waals surface area contributed by atoms with Crippen LogP contribution in [0.4, 0.5) is 13.2 Å². The molecule has 0 radical (unpaired) electrons. The van der Waals surface area contributed by atoms with Crippen LogP contribution < -0.4 is 5.32 Å². The van der Waals surface area contributed by atoms with Gasteiger partial charge in [-0.3, -0.25) is 4.79 Å². The highest BCUT2D eigenvalue weighted by atomic mass is 32.2. The molecule has 136 valence electrons. The summed E-state index contributed by atoms with van der Waals surface area (Å²) in [4.78, 5) is 20.1. The number of aryl methyl sites for hydroxylation is 1. The van der Waals surface area contributed by atoms with E-state index in [1.54, 1.807) is 0 Å². The second-order valence-corrected chi connectivity index (χ2v) is 8.21. The molecular weight excluding hydrogens is 351 g/mol. The van der Waals surface area contributed by atoms with Crippen molar-refractivity contribution in [3.63, 3.8) is 0 Å². The van der Waals surface area contributed by atoms with Crippen molar-refractivity contribution in [1.29, 1.82) is 0 Å². The summed E-state index contributed by atoms with van der Waals surface area (Å²) in [6, 6.07) is 0.235. The first kappa shape index (κ1) is 17.1. The molecule has 3 aliphatic carbocycles. The number of nitrogens with one attached hydrogen (secondary N) is 1. The predicted molar refractivity (Wildman–Crippen MR) is 87.2 cm³/mol. The van der Waals surface area contributed by atoms with Gasteiger partial charge in [0.2, 0.25) is 5.91 Å². The van der Waals surface area contributed by atoms with E-state index in [2.05, 4.69) is 15.3 Å². The van der Waals surface area contributed by atoms with Crippen molar-refractivity contribution < 1.29 is 18.0 Å². The first-order valence-corrected chi connectivity index (χ1v) is 9.78. The molecule has 0 spiro atoms. The quantitative estimate of drug-likeness (QED) is 0.651. The van der Waals surface area contributed by atoms with Gasteiger partial charge in [-0.1, -0.05) is 18.2 Å². The number of alkyl halides is 3. The van der Waals surface area contributed by atoms with Gasteiger partial charge < -0.3 is 5.32 Å². The Labute approximate surface area is 148 Å². The third-order valence-electron chi connectivity index (χ3n) is 5.60. The van der Waals surface area contributed by atoms with Gasteiger partial charge in [0.1, 0.15) is 0 Å². The summed E-state index contributed by atoms with van der Waals surface area (Å²) in [6.07, 6.45) is 1.78. The predicted octanol–water partition coefficient (Wildman–Crippen LogP) is 3.38. The normalized spacial score (nSPS) is 27.6. The molecule has 3 atom stereocenters.